The van der Waals surface area contributed by atoms with E-state index in [1.165, 1.54) is 0 Å². The maximum Gasteiger partial charge on any atom is 0.226 e. The molecule has 0 atom stereocenters. The van der Waals surface area contributed by atoms with Gasteiger partial charge in [0.25, 0.3) is 0 Å². The van der Waals surface area contributed by atoms with Crippen molar-refractivity contribution in [1.29, 1.82) is 0 Å². The summed E-state index contributed by atoms with van der Waals surface area (Å²) in [6.45, 7) is 4.32. The van der Waals surface area contributed by atoms with E-state index in [0.29, 0.717) is 17.5 Å². The van der Waals surface area contributed by atoms with Crippen LogP contribution in [0.5, 0.6) is 0 Å². The Morgan fingerprint density at radius 1 is 1.33 bits per heavy atom. The predicted octanol–water partition coefficient (Wildman–Crippen LogP) is 1.89. The van der Waals surface area contributed by atoms with Gasteiger partial charge in [-0.1, -0.05) is 36.5 Å². The first-order valence-electron chi connectivity index (χ1n) is 7.38. The van der Waals surface area contributed by atoms with Crippen molar-refractivity contribution in [2.24, 2.45) is 5.73 Å². The second-order valence-electron chi connectivity index (χ2n) is 5.27. The third kappa shape index (κ3) is 4.51. The minimum absolute atomic E-state index is 0.174. The first kappa shape index (κ1) is 15.9. The molecule has 0 bridgehead atoms. The van der Waals surface area contributed by atoms with Gasteiger partial charge in [-0.15, -0.1) is 0 Å². The number of ether oxygens (including phenoxy) is 1. The zero-order valence-corrected chi connectivity index (χ0v) is 13.2. The highest BCUT2D eigenvalue weighted by atomic mass is 32.1. The Kier molecular flexibility index (Phi) is 5.70. The van der Waals surface area contributed by atoms with E-state index in [4.69, 9.17) is 22.7 Å². The number of thiocarbonyl (C=S) groups is 1. The van der Waals surface area contributed by atoms with E-state index in [2.05, 4.69) is 0 Å². The molecule has 0 aromatic heterocycles. The maximum absolute atomic E-state index is 12.3. The quantitative estimate of drug-likeness (QED) is 0.844. The van der Waals surface area contributed by atoms with E-state index in [1.807, 2.05) is 36.1 Å². The van der Waals surface area contributed by atoms with Crippen LogP contribution in [0.3, 0.4) is 0 Å². The van der Waals surface area contributed by atoms with Crippen LogP contribution < -0.4 is 5.73 Å². The van der Waals surface area contributed by atoms with Crippen LogP contribution in [0, 0.1) is 0 Å². The third-order valence-electron chi connectivity index (χ3n) is 3.79. The van der Waals surface area contributed by atoms with Gasteiger partial charge in [-0.3, -0.25) is 4.79 Å². The highest BCUT2D eigenvalue weighted by Crippen LogP contribution is 2.15. The molecule has 1 saturated heterocycles. The fourth-order valence-corrected chi connectivity index (χ4v) is 2.72. The van der Waals surface area contributed by atoms with Crippen molar-refractivity contribution in [3.05, 3.63) is 35.4 Å². The lowest BCUT2D eigenvalue weighted by atomic mass is 10.0. The van der Waals surface area contributed by atoms with E-state index in [1.54, 1.807) is 0 Å². The Balaban J connectivity index is 1.86. The van der Waals surface area contributed by atoms with Crippen LogP contribution in [-0.2, 0) is 16.0 Å². The highest BCUT2D eigenvalue weighted by molar-refractivity contribution is 7.80. The minimum Gasteiger partial charge on any atom is -0.389 e. The Labute approximate surface area is 131 Å². The molecule has 0 spiro atoms. The standard InChI is InChI=1S/C16H22N2O2S/c1-2-20-14-7-9-18(10-8-14)15(19)11-12-3-5-13(6-4-12)16(17)21/h3-6,14H,2,7-11H2,1H3,(H2,17,21). The second-order valence-corrected chi connectivity index (χ2v) is 5.71. The van der Waals surface area contributed by atoms with Crippen LogP contribution in [0.2, 0.25) is 0 Å². The summed E-state index contributed by atoms with van der Waals surface area (Å²) in [5.74, 6) is 0.174. The molecule has 1 aliphatic rings. The van der Waals surface area contributed by atoms with Gasteiger partial charge >= 0.3 is 0 Å². The number of piperidine rings is 1. The Hall–Kier alpha value is -1.46. The molecule has 114 valence electrons. The van der Waals surface area contributed by atoms with Gasteiger partial charge in [0.1, 0.15) is 4.99 Å². The van der Waals surface area contributed by atoms with Gasteiger partial charge in [0, 0.05) is 25.3 Å². The smallest absolute Gasteiger partial charge is 0.226 e. The molecular weight excluding hydrogens is 284 g/mol. The van der Waals surface area contributed by atoms with Gasteiger partial charge in [-0.05, 0) is 25.3 Å². The van der Waals surface area contributed by atoms with E-state index < -0.39 is 0 Å². The van der Waals surface area contributed by atoms with Gasteiger partial charge < -0.3 is 15.4 Å². The normalized spacial score (nSPS) is 16.0. The molecule has 0 radical (unpaired) electrons. The number of amides is 1. The van der Waals surface area contributed by atoms with Crippen LogP contribution in [0.15, 0.2) is 24.3 Å². The van der Waals surface area contributed by atoms with Crippen molar-refractivity contribution in [3.8, 4) is 0 Å². The van der Waals surface area contributed by atoms with E-state index >= 15 is 0 Å². The molecular formula is C16H22N2O2S. The summed E-state index contributed by atoms with van der Waals surface area (Å²) < 4.78 is 5.60. The molecule has 1 aromatic carbocycles. The Morgan fingerprint density at radius 2 is 1.95 bits per heavy atom. The van der Waals surface area contributed by atoms with Gasteiger partial charge in [0.15, 0.2) is 0 Å². The number of nitrogens with two attached hydrogens (primary N) is 1. The molecule has 2 N–H and O–H groups in total. The van der Waals surface area contributed by atoms with Gasteiger partial charge in [-0.25, -0.2) is 0 Å². The van der Waals surface area contributed by atoms with Crippen molar-refractivity contribution in [2.75, 3.05) is 19.7 Å². The molecule has 1 amide bonds. The predicted molar refractivity (Wildman–Crippen MR) is 87.3 cm³/mol. The molecule has 2 rings (SSSR count). The van der Waals surface area contributed by atoms with Crippen molar-refractivity contribution in [1.82, 2.24) is 4.90 Å². The average Bonchev–Trinajstić information content (AvgIpc) is 2.49. The largest absolute Gasteiger partial charge is 0.389 e. The summed E-state index contributed by atoms with van der Waals surface area (Å²) in [6, 6.07) is 7.57. The Bertz CT molecular complexity index is 494. The maximum atomic E-state index is 12.3. The fourth-order valence-electron chi connectivity index (χ4n) is 2.58. The average molecular weight is 306 g/mol. The van der Waals surface area contributed by atoms with E-state index in [-0.39, 0.29) is 5.91 Å². The monoisotopic (exact) mass is 306 g/mol. The minimum atomic E-state index is 0.174. The number of likely N-dealkylation sites (tertiary alicyclic amines) is 1. The van der Waals surface area contributed by atoms with Gasteiger partial charge in [0.05, 0.1) is 12.5 Å². The number of hydrogen-bond donors (Lipinski definition) is 1. The van der Waals surface area contributed by atoms with Crippen LogP contribution in [0.1, 0.15) is 30.9 Å². The molecule has 0 unspecified atom stereocenters. The second kappa shape index (κ2) is 7.52. The fraction of sp³-hybridized carbons (Fsp3) is 0.500. The van der Waals surface area contributed by atoms with Crippen molar-refractivity contribution in [3.63, 3.8) is 0 Å². The first-order valence-corrected chi connectivity index (χ1v) is 7.79. The van der Waals surface area contributed by atoms with Crippen LogP contribution in [0.4, 0.5) is 0 Å². The highest BCUT2D eigenvalue weighted by Gasteiger charge is 2.22. The molecule has 1 heterocycles. The summed E-state index contributed by atoms with van der Waals surface area (Å²) in [6.07, 6.45) is 2.60. The van der Waals surface area contributed by atoms with Crippen molar-refractivity contribution < 1.29 is 9.53 Å². The zero-order valence-electron chi connectivity index (χ0n) is 12.4. The number of hydrogen-bond acceptors (Lipinski definition) is 3. The zero-order chi connectivity index (χ0) is 15.2. The number of nitrogens with zero attached hydrogens (tertiary/aromatic N) is 1. The summed E-state index contributed by atoms with van der Waals surface area (Å²) in [5, 5.41) is 0. The summed E-state index contributed by atoms with van der Waals surface area (Å²) in [5.41, 5.74) is 7.39. The molecule has 5 heteroatoms. The number of carbonyl (C=O) groups is 1. The summed E-state index contributed by atoms with van der Waals surface area (Å²) >= 11 is 4.92. The SMILES string of the molecule is CCOC1CCN(C(=O)Cc2ccc(C(N)=S)cc2)CC1. The molecule has 4 nitrogen and oxygen atoms in total. The lowest BCUT2D eigenvalue weighted by Gasteiger charge is -2.31. The first-order chi connectivity index (χ1) is 10.1. The van der Waals surface area contributed by atoms with Crippen molar-refractivity contribution >= 4 is 23.1 Å². The number of carbonyl (C=O) groups excluding carboxylic acids is 1. The summed E-state index contributed by atoms with van der Waals surface area (Å²) in [7, 11) is 0. The molecule has 1 fully saturated rings. The molecule has 0 saturated carbocycles. The molecule has 21 heavy (non-hydrogen) atoms. The summed E-state index contributed by atoms with van der Waals surface area (Å²) in [4.78, 5) is 14.6. The van der Waals surface area contributed by atoms with E-state index in [9.17, 15) is 4.79 Å². The molecule has 1 aromatic rings. The Morgan fingerprint density at radius 3 is 2.48 bits per heavy atom. The lowest BCUT2D eigenvalue weighted by Crippen LogP contribution is -2.41. The topological polar surface area (TPSA) is 55.6 Å². The third-order valence-corrected chi connectivity index (χ3v) is 4.03. The van der Waals surface area contributed by atoms with Crippen LogP contribution in [-0.4, -0.2) is 41.6 Å². The van der Waals surface area contributed by atoms with E-state index in [0.717, 1.165) is 43.7 Å². The number of rotatable bonds is 5. The van der Waals surface area contributed by atoms with Crippen molar-refractivity contribution in [2.45, 2.75) is 32.3 Å². The van der Waals surface area contributed by atoms with Crippen LogP contribution >= 0.6 is 12.2 Å². The molecule has 0 aliphatic carbocycles. The molecule has 1 aliphatic heterocycles. The lowest BCUT2D eigenvalue weighted by molar-refractivity contribution is -0.133. The number of benzene rings is 1. The van der Waals surface area contributed by atoms with Gasteiger partial charge in [-0.2, -0.15) is 0 Å². The van der Waals surface area contributed by atoms with Gasteiger partial charge in [0.2, 0.25) is 5.91 Å². The van der Waals surface area contributed by atoms with Crippen LogP contribution in [0.25, 0.3) is 0 Å².